The molecule has 1 aliphatic carbocycles. The molecule has 3 heterocycles. The third kappa shape index (κ3) is 6.14. The lowest BCUT2D eigenvalue weighted by Crippen LogP contribution is -1.98. The van der Waals surface area contributed by atoms with Crippen LogP contribution in [-0.4, -0.2) is 17.4 Å². The average molecular weight is 473 g/mol. The number of alkyl halides is 1. The van der Waals surface area contributed by atoms with Crippen molar-refractivity contribution in [2.45, 2.75) is 43.8 Å². The Kier molecular flexibility index (Phi) is 7.96. The maximum Gasteiger partial charge on any atom is 0.131 e. The minimum atomic E-state index is -0.0514. The van der Waals surface area contributed by atoms with Gasteiger partial charge in [0.1, 0.15) is 11.7 Å². The molecule has 1 unspecified atom stereocenters. The van der Waals surface area contributed by atoms with Crippen LogP contribution < -0.4 is 5.32 Å². The summed E-state index contributed by atoms with van der Waals surface area (Å²) in [6, 6.07) is 2.27. The van der Waals surface area contributed by atoms with Gasteiger partial charge in [0.05, 0.1) is 10.6 Å². The number of allylic oxidation sites excluding steroid dienone is 7. The van der Waals surface area contributed by atoms with E-state index in [1.54, 1.807) is 11.8 Å². The Labute approximate surface area is 196 Å². The van der Waals surface area contributed by atoms with Crippen molar-refractivity contribution in [2.24, 2.45) is 4.99 Å². The van der Waals surface area contributed by atoms with Gasteiger partial charge in [-0.2, -0.15) is 0 Å². The number of halogens is 1. The Bertz CT molecular complexity index is 965. The van der Waals surface area contributed by atoms with E-state index in [-0.39, 0.29) is 11.7 Å². The summed E-state index contributed by atoms with van der Waals surface area (Å²) in [6.45, 7) is 3.79. The fourth-order valence-electron chi connectivity index (χ4n) is 3.11. The molecule has 0 amide bonds. The van der Waals surface area contributed by atoms with Gasteiger partial charge in [-0.25, -0.2) is 0 Å². The van der Waals surface area contributed by atoms with Crippen molar-refractivity contribution in [3.8, 4) is 0 Å². The quantitative estimate of drug-likeness (QED) is 0.105. The van der Waals surface area contributed by atoms with Crippen molar-refractivity contribution in [1.29, 1.82) is 0 Å². The van der Waals surface area contributed by atoms with Gasteiger partial charge in [-0.15, -0.1) is 41.3 Å². The summed E-state index contributed by atoms with van der Waals surface area (Å²) in [6.07, 6.45) is 20.6. The predicted molar refractivity (Wildman–Crippen MR) is 138 cm³/mol. The van der Waals surface area contributed by atoms with Crippen LogP contribution >= 0.6 is 46.5 Å². The Morgan fingerprint density at radius 1 is 1.30 bits per heavy atom. The molecule has 1 N–H and O–H groups in total. The summed E-state index contributed by atoms with van der Waals surface area (Å²) in [7, 11) is 0. The van der Waals surface area contributed by atoms with E-state index in [9.17, 15) is 0 Å². The van der Waals surface area contributed by atoms with Crippen LogP contribution in [0.5, 0.6) is 0 Å². The smallest absolute Gasteiger partial charge is 0.131 e. The molecule has 4 rings (SSSR count). The summed E-state index contributed by atoms with van der Waals surface area (Å²) < 4.78 is 0. The van der Waals surface area contributed by atoms with Crippen molar-refractivity contribution < 1.29 is 0 Å². The summed E-state index contributed by atoms with van der Waals surface area (Å²) in [4.78, 5) is 10.2. The third-order valence-electron chi connectivity index (χ3n) is 4.82. The van der Waals surface area contributed by atoms with Crippen LogP contribution in [0.4, 0.5) is 0 Å². The van der Waals surface area contributed by atoms with Crippen molar-refractivity contribution in [3.05, 3.63) is 85.0 Å². The molecule has 156 valence electrons. The van der Waals surface area contributed by atoms with Crippen molar-refractivity contribution in [2.75, 3.05) is 0 Å². The third-order valence-corrected chi connectivity index (χ3v) is 8.64. The zero-order chi connectivity index (χ0) is 20.8. The van der Waals surface area contributed by atoms with Crippen molar-refractivity contribution >= 4 is 58.2 Å². The van der Waals surface area contributed by atoms with Crippen molar-refractivity contribution in [1.82, 2.24) is 5.32 Å². The highest BCUT2D eigenvalue weighted by atomic mass is 35.5. The maximum absolute atomic E-state index is 6.12. The van der Waals surface area contributed by atoms with Gasteiger partial charge in [0.25, 0.3) is 0 Å². The second-order valence-electron chi connectivity index (χ2n) is 7.20. The van der Waals surface area contributed by atoms with Gasteiger partial charge in [-0.05, 0) is 71.6 Å². The van der Waals surface area contributed by atoms with E-state index >= 15 is 0 Å². The highest BCUT2D eigenvalue weighted by molar-refractivity contribution is 8.12. The fourth-order valence-corrected chi connectivity index (χ4v) is 6.32. The van der Waals surface area contributed by atoms with Crippen LogP contribution in [0.15, 0.2) is 74.7 Å². The molecule has 1 saturated heterocycles. The lowest BCUT2D eigenvalue weighted by atomic mass is 10.2. The number of aryl methyl sites for hydroxylation is 1. The van der Waals surface area contributed by atoms with Gasteiger partial charge in [0.15, 0.2) is 0 Å². The highest BCUT2D eigenvalue weighted by Gasteiger charge is 2.34. The van der Waals surface area contributed by atoms with E-state index in [1.807, 2.05) is 29.2 Å². The zero-order valence-corrected chi connectivity index (χ0v) is 19.9. The van der Waals surface area contributed by atoms with Crippen LogP contribution in [0.3, 0.4) is 0 Å². The molecule has 2 nitrogen and oxygen atoms in total. The standard InChI is InChI=1S/C24H25ClN2S3/c1-2-3-10-18-15-29-19(16-28-18)11-7-8-12-20(26-24-23(25)27-24)22-14-17-9-5-4-6-13-21(17)30-22/h2,5,7-9,11-12,14-16,23-24,27H,1,3-4,6,10,13H2/b11-7-,12-8+,26-20?/t23?,24-/m1/s1. The molecule has 3 aliphatic rings. The predicted octanol–water partition coefficient (Wildman–Crippen LogP) is 7.62. The molecule has 0 spiro atoms. The second kappa shape index (κ2) is 10.9. The van der Waals surface area contributed by atoms with E-state index in [2.05, 4.69) is 65.2 Å². The second-order valence-corrected chi connectivity index (χ2v) is 10.7. The van der Waals surface area contributed by atoms with E-state index in [0.29, 0.717) is 0 Å². The van der Waals surface area contributed by atoms with Gasteiger partial charge in [-0.1, -0.05) is 42.1 Å². The van der Waals surface area contributed by atoms with Gasteiger partial charge >= 0.3 is 0 Å². The molecule has 30 heavy (non-hydrogen) atoms. The van der Waals surface area contributed by atoms with Gasteiger partial charge < -0.3 is 0 Å². The summed E-state index contributed by atoms with van der Waals surface area (Å²) in [5.74, 6) is 0. The molecular formula is C24H25ClN2S3. The van der Waals surface area contributed by atoms with Crippen LogP contribution in [-0.2, 0) is 6.42 Å². The van der Waals surface area contributed by atoms with E-state index < -0.39 is 0 Å². The lowest BCUT2D eigenvalue weighted by Gasteiger charge is -2.09. The summed E-state index contributed by atoms with van der Waals surface area (Å²) >= 11 is 11.6. The van der Waals surface area contributed by atoms with Crippen LogP contribution in [0.2, 0.25) is 0 Å². The average Bonchev–Trinajstić information content (AvgIpc) is 3.39. The molecule has 1 aromatic heterocycles. The minimum Gasteiger partial charge on any atom is -0.274 e. The maximum atomic E-state index is 6.12. The molecule has 2 atom stereocenters. The van der Waals surface area contributed by atoms with Crippen LogP contribution in [0.25, 0.3) is 6.08 Å². The first-order chi connectivity index (χ1) is 14.7. The van der Waals surface area contributed by atoms with Crippen LogP contribution in [0, 0.1) is 0 Å². The number of fused-ring (bicyclic) bond motifs is 1. The van der Waals surface area contributed by atoms with Gasteiger partial charge in [0.2, 0.25) is 0 Å². The first kappa shape index (κ1) is 22.0. The molecule has 1 aromatic rings. The topological polar surface area (TPSA) is 34.3 Å². The minimum absolute atomic E-state index is 0.0138. The first-order valence-electron chi connectivity index (χ1n) is 10.2. The number of thioether (sulfide) groups is 2. The fraction of sp³-hybridized carbons (Fsp3) is 0.292. The number of nitrogens with one attached hydrogen (secondary N) is 1. The molecular weight excluding hydrogens is 448 g/mol. The normalized spacial score (nSPS) is 24.0. The van der Waals surface area contributed by atoms with Gasteiger partial charge in [-0.3, -0.25) is 10.3 Å². The SMILES string of the molecule is C=CCCC1=CSC(/C=C\C=C\C(=N[C@@H]2NC2Cl)c2cc3c(s2)CCCC=C3)=CS1. The molecule has 2 aliphatic heterocycles. The Hall–Kier alpha value is -1.24. The Morgan fingerprint density at radius 3 is 2.97 bits per heavy atom. The molecule has 0 aromatic carbocycles. The number of hydrogen-bond acceptors (Lipinski definition) is 5. The van der Waals surface area contributed by atoms with Gasteiger partial charge in [0, 0.05) is 9.78 Å². The number of aliphatic imine (C=N–C) groups is 1. The lowest BCUT2D eigenvalue weighted by molar-refractivity contribution is 0.863. The van der Waals surface area contributed by atoms with E-state index in [4.69, 9.17) is 16.6 Å². The Morgan fingerprint density at radius 2 is 2.20 bits per heavy atom. The largest absolute Gasteiger partial charge is 0.274 e. The molecule has 6 heteroatoms. The van der Waals surface area contributed by atoms with E-state index in [1.165, 1.54) is 38.0 Å². The number of rotatable bonds is 8. The number of thiophene rings is 1. The monoisotopic (exact) mass is 472 g/mol. The summed E-state index contributed by atoms with van der Waals surface area (Å²) in [5.41, 5.74) is 2.29. The van der Waals surface area contributed by atoms with Crippen molar-refractivity contribution in [3.63, 3.8) is 0 Å². The van der Waals surface area contributed by atoms with E-state index in [0.717, 1.165) is 25.0 Å². The molecule has 0 saturated carbocycles. The highest BCUT2D eigenvalue weighted by Crippen LogP contribution is 2.36. The number of nitrogens with zero attached hydrogens (tertiary/aromatic N) is 1. The molecule has 0 radical (unpaired) electrons. The molecule has 0 bridgehead atoms. The van der Waals surface area contributed by atoms with Crippen LogP contribution in [0.1, 0.15) is 41.0 Å². The molecule has 1 fully saturated rings. The first-order valence-corrected chi connectivity index (χ1v) is 13.2. The number of hydrogen-bond donors (Lipinski definition) is 1. The zero-order valence-electron chi connectivity index (χ0n) is 16.7. The Balaban J connectivity index is 1.43. The summed E-state index contributed by atoms with van der Waals surface area (Å²) in [5, 5.41) is 7.62.